The third-order valence-corrected chi connectivity index (χ3v) is 2.48. The smallest absolute Gasteiger partial charge is 0.253 e. The van der Waals surface area contributed by atoms with E-state index in [9.17, 15) is 4.79 Å². The predicted octanol–water partition coefficient (Wildman–Crippen LogP) is 1.23. The van der Waals surface area contributed by atoms with E-state index in [2.05, 4.69) is 5.32 Å². The van der Waals surface area contributed by atoms with E-state index in [1.165, 1.54) is 7.11 Å². The topological polar surface area (TPSA) is 64.3 Å². The number of nitrogens with one attached hydrogen (secondary N) is 1. The van der Waals surface area contributed by atoms with E-state index in [4.69, 9.17) is 10.5 Å². The van der Waals surface area contributed by atoms with Crippen LogP contribution in [0.5, 0.6) is 0 Å². The summed E-state index contributed by atoms with van der Waals surface area (Å²) >= 11 is 0. The first-order valence-corrected chi connectivity index (χ1v) is 5.76. The molecule has 0 aromatic heterocycles. The second-order valence-electron chi connectivity index (χ2n) is 4.08. The fourth-order valence-corrected chi connectivity index (χ4v) is 1.54. The summed E-state index contributed by atoms with van der Waals surface area (Å²) < 4.78 is 5.21. The highest BCUT2D eigenvalue weighted by Gasteiger charge is 2.18. The van der Waals surface area contributed by atoms with Gasteiger partial charge in [0.2, 0.25) is 0 Å². The van der Waals surface area contributed by atoms with E-state index < -0.39 is 6.10 Å². The Bertz CT molecular complexity index is 339. The van der Waals surface area contributed by atoms with Crippen LogP contribution in [-0.2, 0) is 9.53 Å². The molecule has 1 amide bonds. The summed E-state index contributed by atoms with van der Waals surface area (Å²) in [7, 11) is 1.53. The zero-order chi connectivity index (χ0) is 12.7. The van der Waals surface area contributed by atoms with Gasteiger partial charge in [0.05, 0.1) is 0 Å². The van der Waals surface area contributed by atoms with Crippen LogP contribution >= 0.6 is 0 Å². The number of hydrogen-bond acceptors (Lipinski definition) is 3. The molecule has 0 spiro atoms. The highest BCUT2D eigenvalue weighted by atomic mass is 16.5. The first kappa shape index (κ1) is 13.7. The van der Waals surface area contributed by atoms with Gasteiger partial charge >= 0.3 is 0 Å². The predicted molar refractivity (Wildman–Crippen MR) is 67.5 cm³/mol. The number of methoxy groups -OCH3 is 1. The van der Waals surface area contributed by atoms with Gasteiger partial charge in [-0.15, -0.1) is 0 Å². The molecule has 0 bridgehead atoms. The lowest BCUT2D eigenvalue weighted by Gasteiger charge is -2.16. The molecule has 0 saturated carbocycles. The van der Waals surface area contributed by atoms with Crippen molar-refractivity contribution < 1.29 is 9.53 Å². The quantitative estimate of drug-likeness (QED) is 0.780. The molecular weight excluding hydrogens is 216 g/mol. The molecular formula is C13H20N2O2. The van der Waals surface area contributed by atoms with Gasteiger partial charge in [0.1, 0.15) is 0 Å². The summed E-state index contributed by atoms with van der Waals surface area (Å²) in [6, 6.07) is 9.52. The second kappa shape index (κ2) is 7.04. The van der Waals surface area contributed by atoms with Crippen LogP contribution < -0.4 is 11.1 Å². The lowest BCUT2D eigenvalue weighted by molar-refractivity contribution is -0.131. The first-order valence-electron chi connectivity index (χ1n) is 5.76. The monoisotopic (exact) mass is 236 g/mol. The molecule has 0 aliphatic carbocycles. The van der Waals surface area contributed by atoms with E-state index in [1.807, 2.05) is 37.3 Å². The molecule has 0 aliphatic heterocycles. The minimum atomic E-state index is -0.552. The molecule has 0 aliphatic rings. The minimum absolute atomic E-state index is 0.0908. The average molecular weight is 236 g/mol. The highest BCUT2D eigenvalue weighted by molar-refractivity contribution is 5.82. The number of benzene rings is 1. The molecule has 4 nitrogen and oxygen atoms in total. The third-order valence-electron chi connectivity index (χ3n) is 2.48. The Balaban J connectivity index is 2.53. The summed E-state index contributed by atoms with van der Waals surface area (Å²) in [6.45, 7) is 2.49. The molecule has 1 rings (SSSR count). The molecule has 0 heterocycles. The van der Waals surface area contributed by atoms with Crippen LogP contribution in [0.1, 0.15) is 25.0 Å². The van der Waals surface area contributed by atoms with Gasteiger partial charge in [-0.05, 0) is 18.9 Å². The van der Waals surface area contributed by atoms with Crippen LogP contribution in [-0.4, -0.2) is 25.6 Å². The number of carbonyl (C=O) groups is 1. The van der Waals surface area contributed by atoms with Gasteiger partial charge in [-0.2, -0.15) is 0 Å². The summed E-state index contributed by atoms with van der Waals surface area (Å²) in [4.78, 5) is 11.9. The molecule has 2 unspecified atom stereocenters. The summed E-state index contributed by atoms with van der Waals surface area (Å²) in [5.41, 5.74) is 6.47. The maximum atomic E-state index is 11.9. The molecule has 0 radical (unpaired) electrons. The van der Waals surface area contributed by atoms with E-state index in [0.29, 0.717) is 6.54 Å². The van der Waals surface area contributed by atoms with Crippen LogP contribution in [0, 0.1) is 0 Å². The van der Waals surface area contributed by atoms with Crippen LogP contribution in [0.4, 0.5) is 0 Å². The maximum Gasteiger partial charge on any atom is 0.253 e. The van der Waals surface area contributed by atoms with Gasteiger partial charge in [0, 0.05) is 19.7 Å². The van der Waals surface area contributed by atoms with Crippen molar-refractivity contribution in [3.8, 4) is 0 Å². The number of carbonyl (C=O) groups excluding carboxylic acids is 1. The summed E-state index contributed by atoms with van der Waals surface area (Å²) in [6.07, 6.45) is 0.209. The first-order chi connectivity index (χ1) is 8.15. The van der Waals surface area contributed by atoms with Gasteiger partial charge in [-0.1, -0.05) is 30.3 Å². The molecule has 0 fully saturated rings. The van der Waals surface area contributed by atoms with E-state index in [1.54, 1.807) is 0 Å². The van der Waals surface area contributed by atoms with Crippen molar-refractivity contribution in [1.82, 2.24) is 5.32 Å². The molecule has 1 aromatic carbocycles. The normalized spacial score (nSPS) is 14.1. The van der Waals surface area contributed by atoms with E-state index in [0.717, 1.165) is 12.0 Å². The van der Waals surface area contributed by atoms with Crippen molar-refractivity contribution in [1.29, 1.82) is 0 Å². The van der Waals surface area contributed by atoms with Crippen molar-refractivity contribution in [3.05, 3.63) is 35.9 Å². The molecule has 0 saturated heterocycles. The van der Waals surface area contributed by atoms with Crippen molar-refractivity contribution >= 4 is 5.91 Å². The van der Waals surface area contributed by atoms with Gasteiger partial charge < -0.3 is 15.8 Å². The molecule has 2 atom stereocenters. The van der Waals surface area contributed by atoms with Crippen LogP contribution in [0.15, 0.2) is 30.3 Å². The Morgan fingerprint density at radius 3 is 2.59 bits per heavy atom. The standard InChI is InChI=1S/C13H20N2O2/c1-10(14)8-9-15-13(16)12(17-2)11-6-4-3-5-7-11/h3-7,10,12H,8-9,14H2,1-2H3,(H,15,16). The lowest BCUT2D eigenvalue weighted by Crippen LogP contribution is -2.33. The largest absolute Gasteiger partial charge is 0.367 e. The highest BCUT2D eigenvalue weighted by Crippen LogP contribution is 2.15. The van der Waals surface area contributed by atoms with Crippen molar-refractivity contribution in [2.45, 2.75) is 25.5 Å². The molecule has 1 aromatic rings. The molecule has 17 heavy (non-hydrogen) atoms. The summed E-state index contributed by atoms with van der Waals surface area (Å²) in [5.74, 6) is -0.126. The van der Waals surface area contributed by atoms with E-state index >= 15 is 0 Å². The Morgan fingerprint density at radius 1 is 1.41 bits per heavy atom. The van der Waals surface area contributed by atoms with Crippen molar-refractivity contribution in [2.24, 2.45) is 5.73 Å². The van der Waals surface area contributed by atoms with Gasteiger partial charge in [-0.25, -0.2) is 0 Å². The summed E-state index contributed by atoms with van der Waals surface area (Å²) in [5, 5.41) is 2.82. The lowest BCUT2D eigenvalue weighted by atomic mass is 10.1. The van der Waals surface area contributed by atoms with Gasteiger partial charge in [-0.3, -0.25) is 4.79 Å². The Kier molecular flexibility index (Phi) is 5.66. The molecule has 4 heteroatoms. The van der Waals surface area contributed by atoms with Crippen LogP contribution in [0.3, 0.4) is 0 Å². The zero-order valence-electron chi connectivity index (χ0n) is 10.3. The van der Waals surface area contributed by atoms with Gasteiger partial charge in [0.25, 0.3) is 5.91 Å². The number of amides is 1. The molecule has 94 valence electrons. The van der Waals surface area contributed by atoms with Crippen molar-refractivity contribution in [2.75, 3.05) is 13.7 Å². The van der Waals surface area contributed by atoms with Crippen molar-refractivity contribution in [3.63, 3.8) is 0 Å². The second-order valence-corrected chi connectivity index (χ2v) is 4.08. The SMILES string of the molecule is COC(C(=O)NCCC(C)N)c1ccccc1. The van der Waals surface area contributed by atoms with Gasteiger partial charge in [0.15, 0.2) is 6.10 Å². The Hall–Kier alpha value is -1.39. The number of nitrogens with two attached hydrogens (primary N) is 1. The Labute approximate surface area is 102 Å². The average Bonchev–Trinajstić information content (AvgIpc) is 2.31. The Morgan fingerprint density at radius 2 is 2.06 bits per heavy atom. The fourth-order valence-electron chi connectivity index (χ4n) is 1.54. The van der Waals surface area contributed by atoms with E-state index in [-0.39, 0.29) is 11.9 Å². The minimum Gasteiger partial charge on any atom is -0.367 e. The molecule has 3 N–H and O–H groups in total. The third kappa shape index (κ3) is 4.54. The van der Waals surface area contributed by atoms with Crippen LogP contribution in [0.2, 0.25) is 0 Å². The number of rotatable bonds is 6. The maximum absolute atomic E-state index is 11.9. The number of hydrogen-bond donors (Lipinski definition) is 2. The zero-order valence-corrected chi connectivity index (χ0v) is 10.3. The fraction of sp³-hybridized carbons (Fsp3) is 0.462. The number of ether oxygens (including phenoxy) is 1. The van der Waals surface area contributed by atoms with Crippen LogP contribution in [0.25, 0.3) is 0 Å².